The average Bonchev–Trinajstić information content (AvgIpc) is 3.35. The van der Waals surface area contributed by atoms with Crippen LogP contribution in [0.25, 0.3) is 11.3 Å². The first-order valence-corrected chi connectivity index (χ1v) is 12.1. The Morgan fingerprint density at radius 2 is 1.33 bits per heavy atom. The van der Waals surface area contributed by atoms with Crippen molar-refractivity contribution in [1.29, 1.82) is 0 Å². The fourth-order valence-corrected chi connectivity index (χ4v) is 5.02. The average molecular weight is 455 g/mol. The molecule has 1 fully saturated rings. The van der Waals surface area contributed by atoms with Crippen molar-refractivity contribution in [2.24, 2.45) is 0 Å². The van der Waals surface area contributed by atoms with Crippen molar-refractivity contribution in [1.82, 2.24) is 14.8 Å². The van der Waals surface area contributed by atoms with Crippen LogP contribution in [0.1, 0.15) is 17.2 Å². The molecule has 0 aliphatic carbocycles. The van der Waals surface area contributed by atoms with Crippen LogP contribution in [0.3, 0.4) is 0 Å². The van der Waals surface area contributed by atoms with Crippen LogP contribution < -0.4 is 5.32 Å². The van der Waals surface area contributed by atoms with Gasteiger partial charge >= 0.3 is 6.03 Å². The summed E-state index contributed by atoms with van der Waals surface area (Å²) >= 11 is 1.46. The maximum Gasteiger partial charge on any atom is 0.323 e. The number of urea groups is 1. The van der Waals surface area contributed by atoms with Crippen LogP contribution in [-0.2, 0) is 0 Å². The zero-order valence-electron chi connectivity index (χ0n) is 18.3. The predicted molar refractivity (Wildman–Crippen MR) is 134 cm³/mol. The van der Waals surface area contributed by atoms with E-state index in [4.69, 9.17) is 0 Å². The third-order valence-corrected chi connectivity index (χ3v) is 6.74. The lowest BCUT2D eigenvalue weighted by atomic mass is 9.96. The molecule has 2 heterocycles. The van der Waals surface area contributed by atoms with Crippen LogP contribution in [0.15, 0.2) is 96.4 Å². The van der Waals surface area contributed by atoms with Gasteiger partial charge in [-0.1, -0.05) is 91.0 Å². The number of carbonyl (C=O) groups is 1. The van der Waals surface area contributed by atoms with Crippen LogP contribution in [0.2, 0.25) is 0 Å². The van der Waals surface area contributed by atoms with Gasteiger partial charge in [0.15, 0.2) is 5.13 Å². The summed E-state index contributed by atoms with van der Waals surface area (Å²) in [6.45, 7) is 2.99. The number of aromatic nitrogens is 1. The minimum atomic E-state index is -0.0837. The molecule has 1 aromatic heterocycles. The molecule has 0 atom stereocenters. The van der Waals surface area contributed by atoms with E-state index in [2.05, 4.69) is 75.9 Å². The van der Waals surface area contributed by atoms with Gasteiger partial charge in [-0.3, -0.25) is 10.2 Å². The van der Waals surface area contributed by atoms with Crippen LogP contribution in [0, 0.1) is 0 Å². The highest BCUT2D eigenvalue weighted by molar-refractivity contribution is 7.14. The highest BCUT2D eigenvalue weighted by Gasteiger charge is 2.28. The zero-order chi connectivity index (χ0) is 22.5. The SMILES string of the molecule is O=C(Nc1nc(-c2ccccc2)cs1)N1CCN(C(c2ccccc2)c2ccccc2)CC1. The molecule has 5 nitrogen and oxygen atoms in total. The minimum Gasteiger partial charge on any atom is -0.322 e. The van der Waals surface area contributed by atoms with Crippen molar-refractivity contribution in [3.05, 3.63) is 108 Å². The fraction of sp³-hybridized carbons (Fsp3) is 0.185. The molecule has 1 saturated heterocycles. The molecule has 1 aliphatic rings. The first-order chi connectivity index (χ1) is 16.3. The Morgan fingerprint density at radius 3 is 1.91 bits per heavy atom. The fourth-order valence-electron chi connectivity index (χ4n) is 4.31. The molecule has 4 aromatic rings. The largest absolute Gasteiger partial charge is 0.323 e. The number of hydrogen-bond donors (Lipinski definition) is 1. The van der Waals surface area contributed by atoms with Gasteiger partial charge in [-0.2, -0.15) is 0 Å². The van der Waals surface area contributed by atoms with Crippen LogP contribution >= 0.6 is 11.3 Å². The van der Waals surface area contributed by atoms with Gasteiger partial charge in [0.1, 0.15) is 0 Å². The number of rotatable bonds is 5. The van der Waals surface area contributed by atoms with Crippen molar-refractivity contribution >= 4 is 22.5 Å². The smallest absolute Gasteiger partial charge is 0.322 e. The van der Waals surface area contributed by atoms with E-state index in [-0.39, 0.29) is 12.1 Å². The highest BCUT2D eigenvalue weighted by Crippen LogP contribution is 2.30. The number of thiazole rings is 1. The van der Waals surface area contributed by atoms with E-state index in [1.807, 2.05) is 40.6 Å². The molecule has 1 aliphatic heterocycles. The van der Waals surface area contributed by atoms with E-state index in [0.29, 0.717) is 18.2 Å². The molecular weight excluding hydrogens is 428 g/mol. The number of nitrogens with one attached hydrogen (secondary N) is 1. The topological polar surface area (TPSA) is 48.5 Å². The van der Waals surface area contributed by atoms with E-state index in [9.17, 15) is 4.79 Å². The maximum absolute atomic E-state index is 12.9. The number of piperazine rings is 1. The van der Waals surface area contributed by atoms with E-state index >= 15 is 0 Å². The van der Waals surface area contributed by atoms with Crippen molar-refractivity contribution in [3.63, 3.8) is 0 Å². The number of carbonyl (C=O) groups excluding carboxylic acids is 1. The maximum atomic E-state index is 12.9. The summed E-state index contributed by atoms with van der Waals surface area (Å²) in [5.74, 6) is 0. The summed E-state index contributed by atoms with van der Waals surface area (Å²) in [6, 6.07) is 31.3. The van der Waals surface area contributed by atoms with Gasteiger partial charge in [-0.25, -0.2) is 9.78 Å². The zero-order valence-corrected chi connectivity index (χ0v) is 19.1. The molecule has 0 saturated carbocycles. The molecule has 0 unspecified atom stereocenters. The summed E-state index contributed by atoms with van der Waals surface area (Å²) in [5, 5.41) is 5.60. The highest BCUT2D eigenvalue weighted by atomic mass is 32.1. The molecule has 1 N–H and O–H groups in total. The molecule has 33 heavy (non-hydrogen) atoms. The summed E-state index contributed by atoms with van der Waals surface area (Å²) in [5.41, 5.74) is 4.49. The van der Waals surface area contributed by atoms with Crippen LogP contribution in [0.5, 0.6) is 0 Å². The Hall–Kier alpha value is -3.48. The van der Waals surface area contributed by atoms with Crippen LogP contribution in [-0.4, -0.2) is 47.0 Å². The third kappa shape index (κ3) is 4.97. The van der Waals surface area contributed by atoms with E-state index in [1.165, 1.54) is 22.5 Å². The second-order valence-electron chi connectivity index (χ2n) is 8.08. The van der Waals surface area contributed by atoms with Gasteiger partial charge < -0.3 is 4.90 Å². The molecule has 0 spiro atoms. The molecule has 0 bridgehead atoms. The number of amides is 2. The van der Waals surface area contributed by atoms with Gasteiger partial charge in [0.25, 0.3) is 0 Å². The summed E-state index contributed by atoms with van der Waals surface area (Å²) in [4.78, 5) is 21.8. The normalized spacial score (nSPS) is 14.4. The number of hydrogen-bond acceptors (Lipinski definition) is 4. The lowest BCUT2D eigenvalue weighted by Crippen LogP contribution is -2.51. The van der Waals surface area contributed by atoms with Crippen molar-refractivity contribution < 1.29 is 4.79 Å². The molecular formula is C27H26N4OS. The number of benzene rings is 3. The standard InChI is InChI=1S/C27H26N4OS/c32-27(29-26-28-24(20-33-26)21-10-4-1-5-11-21)31-18-16-30(17-19-31)25(22-12-6-2-7-13-22)23-14-8-3-9-15-23/h1-15,20,25H,16-19H2,(H,28,29,32). The lowest BCUT2D eigenvalue weighted by Gasteiger charge is -2.39. The van der Waals surface area contributed by atoms with Gasteiger partial charge in [-0.15, -0.1) is 11.3 Å². The quantitative estimate of drug-likeness (QED) is 0.418. The summed E-state index contributed by atoms with van der Waals surface area (Å²) in [6.07, 6.45) is 0. The molecule has 6 heteroatoms. The first kappa shape index (κ1) is 21.4. The molecule has 5 rings (SSSR count). The van der Waals surface area contributed by atoms with Crippen molar-refractivity contribution in [3.8, 4) is 11.3 Å². The van der Waals surface area contributed by atoms with Gasteiger partial charge in [-0.05, 0) is 11.1 Å². The molecule has 3 aromatic carbocycles. The summed E-state index contributed by atoms with van der Waals surface area (Å²) in [7, 11) is 0. The number of nitrogens with zero attached hydrogens (tertiary/aromatic N) is 3. The van der Waals surface area contributed by atoms with Gasteiger partial charge in [0, 0.05) is 37.1 Å². The Labute approximate surface area is 198 Å². The first-order valence-electron chi connectivity index (χ1n) is 11.2. The van der Waals surface area contributed by atoms with E-state index in [0.717, 1.165) is 24.3 Å². The van der Waals surface area contributed by atoms with Crippen molar-refractivity contribution in [2.75, 3.05) is 31.5 Å². The Kier molecular flexibility index (Phi) is 6.46. The second kappa shape index (κ2) is 9.98. The molecule has 166 valence electrons. The second-order valence-corrected chi connectivity index (χ2v) is 8.94. The van der Waals surface area contributed by atoms with Crippen molar-refractivity contribution in [2.45, 2.75) is 6.04 Å². The molecule has 2 amide bonds. The van der Waals surface area contributed by atoms with Gasteiger partial charge in [0.05, 0.1) is 11.7 Å². The van der Waals surface area contributed by atoms with Gasteiger partial charge in [0.2, 0.25) is 0 Å². The monoisotopic (exact) mass is 454 g/mol. The molecule has 0 radical (unpaired) electrons. The van der Waals surface area contributed by atoms with E-state index < -0.39 is 0 Å². The lowest BCUT2D eigenvalue weighted by molar-refractivity contribution is 0.126. The number of anilines is 1. The summed E-state index contributed by atoms with van der Waals surface area (Å²) < 4.78 is 0. The van der Waals surface area contributed by atoms with Crippen LogP contribution in [0.4, 0.5) is 9.93 Å². The predicted octanol–water partition coefficient (Wildman–Crippen LogP) is 5.75. The Morgan fingerprint density at radius 1 is 0.788 bits per heavy atom. The third-order valence-electron chi connectivity index (χ3n) is 5.98. The Bertz CT molecular complexity index is 1130. The minimum absolute atomic E-state index is 0.0837. The van der Waals surface area contributed by atoms with E-state index in [1.54, 1.807) is 0 Å². The Balaban J connectivity index is 1.24.